The highest BCUT2D eigenvalue weighted by Gasteiger charge is 2.20. The fourth-order valence-electron chi connectivity index (χ4n) is 2.34. The summed E-state index contributed by atoms with van der Waals surface area (Å²) in [5, 5.41) is 3.42. The SMILES string of the molecule is CN(c1nc2ncccc2[nH]1)C1CCCNC1. The summed E-state index contributed by atoms with van der Waals surface area (Å²) in [4.78, 5) is 14.3. The van der Waals surface area contributed by atoms with Gasteiger partial charge in [-0.3, -0.25) is 0 Å². The number of hydrogen-bond acceptors (Lipinski definition) is 4. The second-order valence-electron chi connectivity index (χ2n) is 4.55. The summed E-state index contributed by atoms with van der Waals surface area (Å²) in [7, 11) is 2.09. The maximum atomic E-state index is 4.52. The Labute approximate surface area is 100 Å². The highest BCUT2D eigenvalue weighted by atomic mass is 15.3. The third kappa shape index (κ3) is 1.98. The molecule has 0 bridgehead atoms. The van der Waals surface area contributed by atoms with Crippen molar-refractivity contribution < 1.29 is 0 Å². The number of pyridine rings is 1. The summed E-state index contributed by atoms with van der Waals surface area (Å²) >= 11 is 0. The molecule has 3 rings (SSSR count). The van der Waals surface area contributed by atoms with Crippen LogP contribution in [-0.2, 0) is 0 Å². The number of rotatable bonds is 2. The zero-order chi connectivity index (χ0) is 11.7. The summed E-state index contributed by atoms with van der Waals surface area (Å²) < 4.78 is 0. The normalized spacial score (nSPS) is 20.6. The minimum atomic E-state index is 0.518. The first kappa shape index (κ1) is 10.5. The molecule has 1 atom stereocenters. The minimum Gasteiger partial charge on any atom is -0.341 e. The maximum absolute atomic E-state index is 4.52. The lowest BCUT2D eigenvalue weighted by molar-refractivity contribution is 0.442. The Morgan fingerprint density at radius 3 is 3.18 bits per heavy atom. The van der Waals surface area contributed by atoms with Crippen molar-refractivity contribution in [2.45, 2.75) is 18.9 Å². The lowest BCUT2D eigenvalue weighted by Crippen LogP contribution is -2.44. The molecule has 0 aliphatic carbocycles. The molecular formula is C12H17N5. The van der Waals surface area contributed by atoms with Gasteiger partial charge in [0.25, 0.3) is 0 Å². The molecule has 0 amide bonds. The van der Waals surface area contributed by atoms with Crippen molar-refractivity contribution >= 4 is 17.1 Å². The minimum absolute atomic E-state index is 0.518. The van der Waals surface area contributed by atoms with Crippen LogP contribution in [0.4, 0.5) is 5.95 Å². The van der Waals surface area contributed by atoms with E-state index in [1.807, 2.05) is 12.1 Å². The molecule has 1 fully saturated rings. The summed E-state index contributed by atoms with van der Waals surface area (Å²) in [6.07, 6.45) is 4.22. The molecule has 5 heteroatoms. The van der Waals surface area contributed by atoms with Gasteiger partial charge in [0.15, 0.2) is 5.65 Å². The average Bonchev–Trinajstić information content (AvgIpc) is 2.82. The lowest BCUT2D eigenvalue weighted by Gasteiger charge is -2.31. The Morgan fingerprint density at radius 1 is 1.47 bits per heavy atom. The number of H-pyrrole nitrogens is 1. The number of piperidine rings is 1. The number of nitrogens with zero attached hydrogens (tertiary/aromatic N) is 3. The van der Waals surface area contributed by atoms with Gasteiger partial charge in [-0.1, -0.05) is 0 Å². The highest BCUT2D eigenvalue weighted by molar-refractivity contribution is 5.73. The molecule has 2 aromatic heterocycles. The van der Waals surface area contributed by atoms with Gasteiger partial charge in [0, 0.05) is 25.8 Å². The van der Waals surface area contributed by atoms with Crippen LogP contribution in [0.2, 0.25) is 0 Å². The van der Waals surface area contributed by atoms with Crippen molar-refractivity contribution in [2.75, 3.05) is 25.0 Å². The molecular weight excluding hydrogens is 214 g/mol. The summed E-state index contributed by atoms with van der Waals surface area (Å²) in [6.45, 7) is 2.16. The van der Waals surface area contributed by atoms with E-state index in [2.05, 4.69) is 32.2 Å². The monoisotopic (exact) mass is 231 g/mol. The van der Waals surface area contributed by atoms with Crippen molar-refractivity contribution in [3.63, 3.8) is 0 Å². The Morgan fingerprint density at radius 2 is 2.41 bits per heavy atom. The summed E-state index contributed by atoms with van der Waals surface area (Å²) in [5.41, 5.74) is 1.79. The molecule has 1 aliphatic heterocycles. The molecule has 0 spiro atoms. The maximum Gasteiger partial charge on any atom is 0.205 e. The second-order valence-corrected chi connectivity index (χ2v) is 4.55. The van der Waals surface area contributed by atoms with Gasteiger partial charge in [-0.15, -0.1) is 0 Å². The largest absolute Gasteiger partial charge is 0.341 e. The Hall–Kier alpha value is -1.62. The van der Waals surface area contributed by atoms with E-state index in [1.54, 1.807) is 6.20 Å². The zero-order valence-corrected chi connectivity index (χ0v) is 9.98. The van der Waals surface area contributed by atoms with E-state index in [1.165, 1.54) is 12.8 Å². The van der Waals surface area contributed by atoms with Gasteiger partial charge in [0.1, 0.15) is 0 Å². The van der Waals surface area contributed by atoms with E-state index in [0.717, 1.165) is 30.2 Å². The standard InChI is InChI=1S/C12H17N5/c1-17(9-4-2-6-13-8-9)12-15-10-5-3-7-14-11(10)16-12/h3,5,7,9,13H,2,4,6,8H2,1H3,(H,14,15,16). The lowest BCUT2D eigenvalue weighted by atomic mass is 10.1. The first-order valence-corrected chi connectivity index (χ1v) is 6.09. The van der Waals surface area contributed by atoms with Crippen LogP contribution in [0.3, 0.4) is 0 Å². The van der Waals surface area contributed by atoms with Crippen molar-refractivity contribution in [1.29, 1.82) is 0 Å². The molecule has 5 nitrogen and oxygen atoms in total. The van der Waals surface area contributed by atoms with Gasteiger partial charge in [-0.05, 0) is 31.5 Å². The predicted molar refractivity (Wildman–Crippen MR) is 68.2 cm³/mol. The number of nitrogens with one attached hydrogen (secondary N) is 2. The molecule has 0 radical (unpaired) electrons. The Kier molecular flexibility index (Phi) is 2.68. The van der Waals surface area contributed by atoms with Crippen LogP contribution in [0.5, 0.6) is 0 Å². The van der Waals surface area contributed by atoms with Gasteiger partial charge in [0.05, 0.1) is 5.52 Å². The van der Waals surface area contributed by atoms with Crippen LogP contribution >= 0.6 is 0 Å². The molecule has 1 saturated heterocycles. The predicted octanol–water partition coefficient (Wildman–Crippen LogP) is 1.15. The number of fused-ring (bicyclic) bond motifs is 1. The highest BCUT2D eigenvalue weighted by Crippen LogP contribution is 2.18. The first-order valence-electron chi connectivity index (χ1n) is 6.09. The Bertz CT molecular complexity index is 467. The van der Waals surface area contributed by atoms with E-state index in [9.17, 15) is 0 Å². The van der Waals surface area contributed by atoms with Gasteiger partial charge in [-0.2, -0.15) is 4.98 Å². The topological polar surface area (TPSA) is 56.8 Å². The molecule has 0 saturated carbocycles. The molecule has 0 aromatic carbocycles. The van der Waals surface area contributed by atoms with Crippen LogP contribution in [-0.4, -0.2) is 41.1 Å². The van der Waals surface area contributed by atoms with Crippen molar-refractivity contribution in [3.8, 4) is 0 Å². The van der Waals surface area contributed by atoms with E-state index in [0.29, 0.717) is 6.04 Å². The number of hydrogen-bond donors (Lipinski definition) is 2. The van der Waals surface area contributed by atoms with E-state index in [-0.39, 0.29) is 0 Å². The molecule has 17 heavy (non-hydrogen) atoms. The van der Waals surface area contributed by atoms with Gasteiger partial charge < -0.3 is 15.2 Å². The third-order valence-corrected chi connectivity index (χ3v) is 3.40. The fourth-order valence-corrected chi connectivity index (χ4v) is 2.34. The fraction of sp³-hybridized carbons (Fsp3) is 0.500. The second kappa shape index (κ2) is 4.33. The number of aromatic amines is 1. The first-order chi connectivity index (χ1) is 8.34. The van der Waals surface area contributed by atoms with Crippen LogP contribution in [0.1, 0.15) is 12.8 Å². The van der Waals surface area contributed by atoms with Gasteiger partial charge in [0.2, 0.25) is 5.95 Å². The quantitative estimate of drug-likeness (QED) is 0.814. The molecule has 90 valence electrons. The van der Waals surface area contributed by atoms with Crippen molar-refractivity contribution in [1.82, 2.24) is 20.3 Å². The van der Waals surface area contributed by atoms with E-state index >= 15 is 0 Å². The number of anilines is 1. The van der Waals surface area contributed by atoms with Crippen LogP contribution in [0, 0.1) is 0 Å². The van der Waals surface area contributed by atoms with Crippen molar-refractivity contribution in [2.24, 2.45) is 0 Å². The van der Waals surface area contributed by atoms with E-state index in [4.69, 9.17) is 0 Å². The smallest absolute Gasteiger partial charge is 0.205 e. The Balaban J connectivity index is 1.86. The molecule has 1 aliphatic rings. The van der Waals surface area contributed by atoms with Crippen molar-refractivity contribution in [3.05, 3.63) is 18.3 Å². The van der Waals surface area contributed by atoms with E-state index < -0.39 is 0 Å². The molecule has 2 N–H and O–H groups in total. The van der Waals surface area contributed by atoms with Crippen LogP contribution in [0.25, 0.3) is 11.2 Å². The molecule has 3 heterocycles. The van der Waals surface area contributed by atoms with Gasteiger partial charge >= 0.3 is 0 Å². The third-order valence-electron chi connectivity index (χ3n) is 3.40. The van der Waals surface area contributed by atoms with Crippen LogP contribution < -0.4 is 10.2 Å². The zero-order valence-electron chi connectivity index (χ0n) is 9.98. The number of imidazole rings is 1. The molecule has 2 aromatic rings. The molecule has 1 unspecified atom stereocenters. The summed E-state index contributed by atoms with van der Waals surface area (Å²) in [5.74, 6) is 0.910. The van der Waals surface area contributed by atoms with Gasteiger partial charge in [-0.25, -0.2) is 4.98 Å². The average molecular weight is 231 g/mol. The number of aromatic nitrogens is 3. The number of likely N-dealkylation sites (N-methyl/N-ethyl adjacent to an activating group) is 1. The summed E-state index contributed by atoms with van der Waals surface area (Å²) in [6, 6.07) is 4.45. The van der Waals surface area contributed by atoms with Crippen LogP contribution in [0.15, 0.2) is 18.3 Å².